The van der Waals surface area contributed by atoms with E-state index in [1.807, 2.05) is 30.1 Å². The summed E-state index contributed by atoms with van der Waals surface area (Å²) in [5.74, 6) is 1.51. The molecule has 6 heteroatoms. The summed E-state index contributed by atoms with van der Waals surface area (Å²) in [6.07, 6.45) is 8.50. The molecule has 6 nitrogen and oxygen atoms in total. The average molecular weight is 372 g/mol. The van der Waals surface area contributed by atoms with Crippen LogP contribution in [0, 0.1) is 24.2 Å². The SMILES string of the molecule is Cc1cc(C#N)cnc1N1CCc2ncc(-c3cnn(CC(C)C)c3)cc2C1. The topological polar surface area (TPSA) is 70.6 Å². The lowest BCUT2D eigenvalue weighted by Crippen LogP contribution is -2.32. The van der Waals surface area contributed by atoms with Crippen LogP contribution in [0.2, 0.25) is 0 Å². The van der Waals surface area contributed by atoms with E-state index in [0.717, 1.165) is 54.3 Å². The third-order valence-corrected chi connectivity index (χ3v) is 5.04. The summed E-state index contributed by atoms with van der Waals surface area (Å²) in [5, 5.41) is 13.5. The lowest BCUT2D eigenvalue weighted by molar-refractivity contribution is 0.483. The molecule has 0 radical (unpaired) electrons. The highest BCUT2D eigenvalue weighted by Gasteiger charge is 2.21. The summed E-state index contributed by atoms with van der Waals surface area (Å²) in [5.41, 5.74) is 6.20. The Bertz CT molecular complexity index is 1040. The van der Waals surface area contributed by atoms with Gasteiger partial charge in [0.15, 0.2) is 0 Å². The zero-order valence-corrected chi connectivity index (χ0v) is 16.6. The van der Waals surface area contributed by atoms with Gasteiger partial charge in [-0.15, -0.1) is 0 Å². The molecule has 0 N–H and O–H groups in total. The highest BCUT2D eigenvalue weighted by atomic mass is 15.3. The van der Waals surface area contributed by atoms with Gasteiger partial charge in [0, 0.05) is 61.5 Å². The van der Waals surface area contributed by atoms with Crippen molar-refractivity contribution in [2.45, 2.75) is 40.3 Å². The Kier molecular flexibility index (Phi) is 4.82. The maximum Gasteiger partial charge on any atom is 0.131 e. The molecule has 0 spiro atoms. The van der Waals surface area contributed by atoms with Crippen LogP contribution in [0.5, 0.6) is 0 Å². The first-order chi connectivity index (χ1) is 13.5. The van der Waals surface area contributed by atoms with E-state index in [1.54, 1.807) is 6.20 Å². The molecule has 1 aliphatic rings. The Labute approximate surface area is 165 Å². The first-order valence-electron chi connectivity index (χ1n) is 9.66. The van der Waals surface area contributed by atoms with E-state index in [9.17, 15) is 0 Å². The highest BCUT2D eigenvalue weighted by molar-refractivity contribution is 5.62. The second-order valence-corrected chi connectivity index (χ2v) is 7.82. The summed E-state index contributed by atoms with van der Waals surface area (Å²) < 4.78 is 2.00. The average Bonchev–Trinajstić information content (AvgIpc) is 3.14. The minimum Gasteiger partial charge on any atom is -0.352 e. The van der Waals surface area contributed by atoms with E-state index in [0.29, 0.717) is 11.5 Å². The fraction of sp³-hybridized carbons (Fsp3) is 0.364. The molecule has 0 aliphatic carbocycles. The zero-order valence-electron chi connectivity index (χ0n) is 16.6. The van der Waals surface area contributed by atoms with Crippen molar-refractivity contribution in [3.8, 4) is 17.2 Å². The number of nitrogens with zero attached hydrogens (tertiary/aromatic N) is 6. The monoisotopic (exact) mass is 372 g/mol. The molecule has 28 heavy (non-hydrogen) atoms. The van der Waals surface area contributed by atoms with Gasteiger partial charge in [0.1, 0.15) is 11.9 Å². The third kappa shape index (κ3) is 3.61. The van der Waals surface area contributed by atoms with Crippen molar-refractivity contribution in [1.29, 1.82) is 5.26 Å². The summed E-state index contributed by atoms with van der Waals surface area (Å²) in [6, 6.07) is 6.28. The Hall–Kier alpha value is -3.20. The molecular weight excluding hydrogens is 348 g/mol. The molecule has 0 atom stereocenters. The molecule has 0 fully saturated rings. The van der Waals surface area contributed by atoms with Gasteiger partial charge in [-0.25, -0.2) is 4.98 Å². The molecule has 0 amide bonds. The van der Waals surface area contributed by atoms with Crippen LogP contribution in [-0.2, 0) is 19.5 Å². The first-order valence-corrected chi connectivity index (χ1v) is 9.66. The molecule has 4 heterocycles. The summed E-state index contributed by atoms with van der Waals surface area (Å²) in [4.78, 5) is 11.5. The number of nitriles is 1. The quantitative estimate of drug-likeness (QED) is 0.698. The smallest absolute Gasteiger partial charge is 0.131 e. The molecular formula is C22H24N6. The van der Waals surface area contributed by atoms with Gasteiger partial charge in [0.25, 0.3) is 0 Å². The van der Waals surface area contributed by atoms with E-state index in [4.69, 9.17) is 10.2 Å². The number of fused-ring (bicyclic) bond motifs is 1. The predicted molar refractivity (Wildman–Crippen MR) is 109 cm³/mol. The molecule has 3 aromatic heterocycles. The minimum atomic E-state index is 0.561. The van der Waals surface area contributed by atoms with Gasteiger partial charge in [-0.05, 0) is 36.1 Å². The van der Waals surface area contributed by atoms with Crippen molar-refractivity contribution in [2.24, 2.45) is 5.92 Å². The van der Waals surface area contributed by atoms with Gasteiger partial charge < -0.3 is 4.90 Å². The number of rotatable bonds is 4. The summed E-state index contributed by atoms with van der Waals surface area (Å²) >= 11 is 0. The van der Waals surface area contributed by atoms with E-state index in [-0.39, 0.29) is 0 Å². The van der Waals surface area contributed by atoms with Crippen LogP contribution in [-0.4, -0.2) is 26.3 Å². The maximum absolute atomic E-state index is 9.06. The number of hydrogen-bond donors (Lipinski definition) is 0. The molecule has 142 valence electrons. The van der Waals surface area contributed by atoms with Crippen LogP contribution in [0.3, 0.4) is 0 Å². The minimum absolute atomic E-state index is 0.561. The molecule has 0 saturated carbocycles. The van der Waals surface area contributed by atoms with Crippen LogP contribution < -0.4 is 4.90 Å². The highest BCUT2D eigenvalue weighted by Crippen LogP contribution is 2.28. The van der Waals surface area contributed by atoms with Gasteiger partial charge in [-0.2, -0.15) is 10.4 Å². The van der Waals surface area contributed by atoms with E-state index < -0.39 is 0 Å². The fourth-order valence-corrected chi connectivity index (χ4v) is 3.71. The predicted octanol–water partition coefficient (Wildman–Crippen LogP) is 3.74. The van der Waals surface area contributed by atoms with Gasteiger partial charge in [0.05, 0.1) is 11.8 Å². The van der Waals surface area contributed by atoms with Crippen molar-refractivity contribution in [2.75, 3.05) is 11.4 Å². The van der Waals surface area contributed by atoms with Gasteiger partial charge in [0.2, 0.25) is 0 Å². The lowest BCUT2D eigenvalue weighted by Gasteiger charge is -2.30. The van der Waals surface area contributed by atoms with E-state index >= 15 is 0 Å². The number of pyridine rings is 2. The zero-order chi connectivity index (χ0) is 19.7. The maximum atomic E-state index is 9.06. The van der Waals surface area contributed by atoms with Crippen molar-refractivity contribution in [3.63, 3.8) is 0 Å². The van der Waals surface area contributed by atoms with Crippen LogP contribution >= 0.6 is 0 Å². The number of anilines is 1. The molecule has 4 rings (SSSR count). The molecule has 0 unspecified atom stereocenters. The van der Waals surface area contributed by atoms with Crippen LogP contribution in [0.4, 0.5) is 5.82 Å². The standard InChI is InChI=1S/C22H24N6/c1-15(2)12-28-14-20(11-26-28)18-7-19-13-27(5-4-21(19)24-10-18)22-16(3)6-17(8-23)9-25-22/h6-7,9-11,14-15H,4-5,12-13H2,1-3H3. The van der Waals surface area contributed by atoms with Gasteiger partial charge in [-0.3, -0.25) is 9.67 Å². The number of aryl methyl sites for hydroxylation is 1. The van der Waals surface area contributed by atoms with Gasteiger partial charge >= 0.3 is 0 Å². The van der Waals surface area contributed by atoms with Crippen molar-refractivity contribution >= 4 is 5.82 Å². The first kappa shape index (κ1) is 18.2. The van der Waals surface area contributed by atoms with Crippen LogP contribution in [0.1, 0.15) is 36.2 Å². The van der Waals surface area contributed by atoms with Crippen molar-refractivity contribution in [3.05, 3.63) is 59.3 Å². The lowest BCUT2D eigenvalue weighted by atomic mass is 10.0. The van der Waals surface area contributed by atoms with Crippen LogP contribution in [0.15, 0.2) is 36.9 Å². The second kappa shape index (κ2) is 7.43. The largest absolute Gasteiger partial charge is 0.352 e. The second-order valence-electron chi connectivity index (χ2n) is 7.82. The number of aromatic nitrogens is 4. The fourth-order valence-electron chi connectivity index (χ4n) is 3.71. The van der Waals surface area contributed by atoms with Crippen LogP contribution in [0.25, 0.3) is 11.1 Å². The molecule has 0 bridgehead atoms. The molecule has 1 aliphatic heterocycles. The Morgan fingerprint density at radius 1 is 1.14 bits per heavy atom. The third-order valence-electron chi connectivity index (χ3n) is 5.04. The molecule has 3 aromatic rings. The Morgan fingerprint density at radius 2 is 2.00 bits per heavy atom. The van der Waals surface area contributed by atoms with Crippen molar-refractivity contribution in [1.82, 2.24) is 19.7 Å². The van der Waals surface area contributed by atoms with Crippen molar-refractivity contribution < 1.29 is 0 Å². The Morgan fingerprint density at radius 3 is 2.75 bits per heavy atom. The van der Waals surface area contributed by atoms with E-state index in [2.05, 4.69) is 47.2 Å². The molecule has 0 saturated heterocycles. The molecule has 0 aromatic carbocycles. The normalized spacial score (nSPS) is 13.5. The van der Waals surface area contributed by atoms with Gasteiger partial charge in [-0.1, -0.05) is 13.8 Å². The summed E-state index contributed by atoms with van der Waals surface area (Å²) in [7, 11) is 0. The summed E-state index contributed by atoms with van der Waals surface area (Å²) in [6.45, 7) is 8.96. The Balaban J connectivity index is 1.59. The number of hydrogen-bond acceptors (Lipinski definition) is 5. The van der Waals surface area contributed by atoms with E-state index in [1.165, 1.54) is 5.56 Å².